The number of hydrogen-bond donors (Lipinski definition) is 0. The van der Waals surface area contributed by atoms with Gasteiger partial charge in [-0.3, -0.25) is 9.59 Å². The number of allylic oxidation sites excluding steroid dienone is 3. The van der Waals surface area contributed by atoms with E-state index in [-0.39, 0.29) is 12.8 Å². The van der Waals surface area contributed by atoms with E-state index in [1.54, 1.807) is 0 Å². The summed E-state index contributed by atoms with van der Waals surface area (Å²) in [4.78, 5) is 25.2. The summed E-state index contributed by atoms with van der Waals surface area (Å²) in [6, 6.07) is 18.2. The standard InChI is InChI=1S/C23H20O4/c1-26-21(24)23(22(25)27-2)13-12-17-16-10-6-7-11-18(16)20(19(17)14-23)15-8-4-3-5-9-15/h3-12H,13-14H2,1-2H3. The van der Waals surface area contributed by atoms with Crippen molar-refractivity contribution < 1.29 is 19.1 Å². The van der Waals surface area contributed by atoms with Crippen LogP contribution in [0.15, 0.2) is 66.2 Å². The van der Waals surface area contributed by atoms with E-state index in [1.165, 1.54) is 14.2 Å². The van der Waals surface area contributed by atoms with Crippen molar-refractivity contribution in [3.05, 3.63) is 82.9 Å². The third-order valence-electron chi connectivity index (χ3n) is 5.46. The van der Waals surface area contributed by atoms with Crippen LogP contribution in [0.2, 0.25) is 0 Å². The Bertz CT molecular complexity index is 966. The predicted molar refractivity (Wildman–Crippen MR) is 103 cm³/mol. The van der Waals surface area contributed by atoms with Crippen molar-refractivity contribution in [2.24, 2.45) is 5.41 Å². The Balaban J connectivity index is 1.96. The maximum Gasteiger partial charge on any atom is 0.323 e. The Morgan fingerprint density at radius 2 is 1.44 bits per heavy atom. The van der Waals surface area contributed by atoms with Crippen LogP contribution in [0.25, 0.3) is 11.1 Å². The molecule has 0 saturated heterocycles. The Hall–Kier alpha value is -3.14. The van der Waals surface area contributed by atoms with Crippen LogP contribution < -0.4 is 0 Å². The summed E-state index contributed by atoms with van der Waals surface area (Å²) in [6.45, 7) is 0. The molecular formula is C23H20O4. The quantitative estimate of drug-likeness (QED) is 0.613. The van der Waals surface area contributed by atoms with Crippen molar-refractivity contribution in [1.82, 2.24) is 0 Å². The van der Waals surface area contributed by atoms with E-state index in [4.69, 9.17) is 9.47 Å². The van der Waals surface area contributed by atoms with Gasteiger partial charge in [0.15, 0.2) is 5.41 Å². The highest BCUT2D eigenvalue weighted by molar-refractivity contribution is 6.09. The molecule has 0 aliphatic heterocycles. The molecule has 0 unspecified atom stereocenters. The van der Waals surface area contributed by atoms with E-state index in [9.17, 15) is 9.59 Å². The van der Waals surface area contributed by atoms with Crippen LogP contribution in [-0.2, 0) is 19.1 Å². The highest BCUT2D eigenvalue weighted by atomic mass is 16.5. The lowest BCUT2D eigenvalue weighted by molar-refractivity contribution is -0.169. The fourth-order valence-electron chi connectivity index (χ4n) is 4.18. The minimum atomic E-state index is -1.34. The smallest absolute Gasteiger partial charge is 0.323 e. The minimum absolute atomic E-state index is 0.261. The molecule has 0 spiro atoms. The Labute approximate surface area is 158 Å². The van der Waals surface area contributed by atoms with E-state index in [0.717, 1.165) is 33.4 Å². The molecule has 4 rings (SSSR count). The topological polar surface area (TPSA) is 52.6 Å². The Morgan fingerprint density at radius 1 is 0.852 bits per heavy atom. The van der Waals surface area contributed by atoms with E-state index in [2.05, 4.69) is 24.3 Å². The van der Waals surface area contributed by atoms with Crippen LogP contribution in [0.4, 0.5) is 0 Å². The van der Waals surface area contributed by atoms with Crippen molar-refractivity contribution in [1.29, 1.82) is 0 Å². The number of carbonyl (C=O) groups excluding carboxylic acids is 2. The normalized spacial score (nSPS) is 16.9. The second-order valence-electron chi connectivity index (χ2n) is 6.83. The van der Waals surface area contributed by atoms with E-state index < -0.39 is 17.4 Å². The van der Waals surface area contributed by atoms with E-state index in [0.29, 0.717) is 0 Å². The van der Waals surface area contributed by atoms with Crippen LogP contribution in [0.3, 0.4) is 0 Å². The lowest BCUT2D eigenvalue weighted by Crippen LogP contribution is -2.42. The van der Waals surface area contributed by atoms with E-state index in [1.807, 2.05) is 36.4 Å². The van der Waals surface area contributed by atoms with E-state index >= 15 is 0 Å². The highest BCUT2D eigenvalue weighted by Crippen LogP contribution is 2.53. The molecule has 0 radical (unpaired) electrons. The van der Waals surface area contributed by atoms with Crippen molar-refractivity contribution in [2.45, 2.75) is 12.8 Å². The number of fused-ring (bicyclic) bond motifs is 3. The average Bonchev–Trinajstić information content (AvgIpc) is 3.06. The maximum atomic E-state index is 12.6. The first kappa shape index (κ1) is 17.3. The number of rotatable bonds is 3. The summed E-state index contributed by atoms with van der Waals surface area (Å²) in [7, 11) is 2.62. The third kappa shape index (κ3) is 2.52. The van der Waals surface area contributed by atoms with Gasteiger partial charge in [-0.05, 0) is 39.8 Å². The molecule has 0 bridgehead atoms. The number of hydrogen-bond acceptors (Lipinski definition) is 4. The Morgan fingerprint density at radius 3 is 2.07 bits per heavy atom. The zero-order valence-corrected chi connectivity index (χ0v) is 15.3. The van der Waals surface area contributed by atoms with Gasteiger partial charge in [-0.25, -0.2) is 0 Å². The SMILES string of the molecule is COC(=O)C1(C(=O)OC)CC=C2C(=C(c3ccccc3)c3ccccc32)C1. The lowest BCUT2D eigenvalue weighted by Gasteiger charge is -2.32. The van der Waals surface area contributed by atoms with Gasteiger partial charge >= 0.3 is 11.9 Å². The molecule has 136 valence electrons. The summed E-state index contributed by atoms with van der Waals surface area (Å²) < 4.78 is 9.98. The van der Waals surface area contributed by atoms with Gasteiger partial charge < -0.3 is 9.47 Å². The molecule has 0 fully saturated rings. The molecule has 27 heavy (non-hydrogen) atoms. The minimum Gasteiger partial charge on any atom is -0.468 e. The van der Waals surface area contributed by atoms with Gasteiger partial charge in [0.2, 0.25) is 0 Å². The molecule has 0 atom stereocenters. The van der Waals surface area contributed by atoms with Gasteiger partial charge in [0, 0.05) is 6.42 Å². The highest BCUT2D eigenvalue weighted by Gasteiger charge is 2.51. The molecule has 2 aliphatic rings. The molecule has 0 aromatic heterocycles. The summed E-state index contributed by atoms with van der Waals surface area (Å²) in [6.07, 6.45) is 2.50. The van der Waals surface area contributed by atoms with Crippen molar-refractivity contribution >= 4 is 23.1 Å². The average molecular weight is 360 g/mol. The first-order chi connectivity index (χ1) is 13.1. The second-order valence-corrected chi connectivity index (χ2v) is 6.83. The Kier molecular flexibility index (Phi) is 4.19. The molecular weight excluding hydrogens is 340 g/mol. The lowest BCUT2D eigenvalue weighted by atomic mass is 9.72. The first-order valence-corrected chi connectivity index (χ1v) is 8.88. The number of benzene rings is 2. The summed E-state index contributed by atoms with van der Waals surface area (Å²) in [5.74, 6) is -1.11. The zero-order chi connectivity index (χ0) is 19.0. The molecule has 4 heteroatoms. The molecule has 2 aromatic rings. The molecule has 4 nitrogen and oxygen atoms in total. The zero-order valence-electron chi connectivity index (χ0n) is 15.3. The number of methoxy groups -OCH3 is 2. The largest absolute Gasteiger partial charge is 0.468 e. The van der Waals surface area contributed by atoms with Gasteiger partial charge in [0.25, 0.3) is 0 Å². The second kappa shape index (κ2) is 6.54. The van der Waals surface area contributed by atoms with Crippen molar-refractivity contribution in [3.8, 4) is 0 Å². The van der Waals surface area contributed by atoms with Crippen LogP contribution in [0, 0.1) is 5.41 Å². The van der Waals surface area contributed by atoms with Gasteiger partial charge in [-0.15, -0.1) is 0 Å². The number of carbonyl (C=O) groups is 2. The van der Waals surface area contributed by atoms with Gasteiger partial charge in [-0.2, -0.15) is 0 Å². The van der Waals surface area contributed by atoms with Gasteiger partial charge in [0.1, 0.15) is 0 Å². The molecule has 2 aromatic carbocycles. The molecule has 0 saturated carbocycles. The van der Waals surface area contributed by atoms with Crippen LogP contribution in [0.1, 0.15) is 29.5 Å². The summed E-state index contributed by atoms with van der Waals surface area (Å²) in [5, 5.41) is 0. The van der Waals surface area contributed by atoms with Crippen LogP contribution >= 0.6 is 0 Å². The summed E-state index contributed by atoms with van der Waals surface area (Å²) in [5.41, 5.74) is 5.12. The van der Waals surface area contributed by atoms with Crippen LogP contribution in [0.5, 0.6) is 0 Å². The maximum absolute atomic E-state index is 12.6. The predicted octanol–water partition coefficient (Wildman–Crippen LogP) is 4.01. The fourth-order valence-corrected chi connectivity index (χ4v) is 4.18. The molecule has 0 amide bonds. The fraction of sp³-hybridized carbons (Fsp3) is 0.217. The van der Waals surface area contributed by atoms with Gasteiger partial charge in [0.05, 0.1) is 14.2 Å². The van der Waals surface area contributed by atoms with Gasteiger partial charge in [-0.1, -0.05) is 60.7 Å². The van der Waals surface area contributed by atoms with Crippen LogP contribution in [-0.4, -0.2) is 26.2 Å². The third-order valence-corrected chi connectivity index (χ3v) is 5.46. The number of esters is 2. The molecule has 0 heterocycles. The van der Waals surface area contributed by atoms with Crippen molar-refractivity contribution in [3.63, 3.8) is 0 Å². The monoisotopic (exact) mass is 360 g/mol. The summed E-state index contributed by atoms with van der Waals surface area (Å²) >= 11 is 0. The first-order valence-electron chi connectivity index (χ1n) is 8.88. The van der Waals surface area contributed by atoms with Crippen molar-refractivity contribution in [2.75, 3.05) is 14.2 Å². The molecule has 0 N–H and O–H groups in total. The molecule has 2 aliphatic carbocycles. The number of ether oxygens (including phenoxy) is 2.